The fourth-order valence-corrected chi connectivity index (χ4v) is 8.85. The SMILES string of the molecule is c1ccc(-c2cccc3c2sc2c3ccc3ccn(-c4cccc(-c5ccc6c7ccccc7c7ccccc7c6c5)c4)c32)cc1. The minimum atomic E-state index is 1.17. The lowest BCUT2D eigenvalue weighted by molar-refractivity contribution is 1.14. The third kappa shape index (κ3) is 3.74. The van der Waals surface area contributed by atoms with Crippen LogP contribution in [0, 0.1) is 0 Å². The van der Waals surface area contributed by atoms with Crippen molar-refractivity contribution in [1.82, 2.24) is 4.57 Å². The number of rotatable bonds is 3. The summed E-state index contributed by atoms with van der Waals surface area (Å²) in [7, 11) is 0. The summed E-state index contributed by atoms with van der Waals surface area (Å²) in [4.78, 5) is 0. The molecule has 0 fully saturated rings. The number of fused-ring (bicyclic) bond motifs is 11. The van der Waals surface area contributed by atoms with Crippen molar-refractivity contribution in [1.29, 1.82) is 0 Å². The maximum Gasteiger partial charge on any atom is 0.0707 e. The van der Waals surface area contributed by atoms with Gasteiger partial charge in [0.05, 0.1) is 10.2 Å². The van der Waals surface area contributed by atoms with E-state index in [4.69, 9.17) is 0 Å². The van der Waals surface area contributed by atoms with E-state index in [2.05, 4.69) is 168 Å². The molecule has 0 aliphatic carbocycles. The molecular weight excluding hydrogens is 575 g/mol. The molecule has 10 rings (SSSR count). The van der Waals surface area contributed by atoms with E-state index in [-0.39, 0.29) is 0 Å². The Kier molecular flexibility index (Phi) is 5.51. The zero-order valence-corrected chi connectivity index (χ0v) is 25.8. The predicted molar refractivity (Wildman–Crippen MR) is 200 cm³/mol. The van der Waals surface area contributed by atoms with E-state index in [0.29, 0.717) is 0 Å². The average molecular weight is 602 g/mol. The van der Waals surface area contributed by atoms with Crippen molar-refractivity contribution < 1.29 is 0 Å². The standard InChI is InChI=1S/C44H27NS/c1-2-10-28(11-3-1)33-18-9-19-39-40-23-20-29-24-25-45(42(29)44(40)46-43(33)39)32-13-8-12-30(26-32)31-21-22-38-36-16-5-4-14-34(36)35-15-6-7-17-37(35)41(38)27-31/h1-27H. The summed E-state index contributed by atoms with van der Waals surface area (Å²) in [5.41, 5.74) is 7.44. The van der Waals surface area contributed by atoms with E-state index < -0.39 is 0 Å². The molecule has 0 radical (unpaired) electrons. The first kappa shape index (κ1) is 25.6. The van der Waals surface area contributed by atoms with Gasteiger partial charge in [-0.3, -0.25) is 0 Å². The molecule has 0 amide bonds. The number of aromatic nitrogens is 1. The van der Waals surface area contributed by atoms with Gasteiger partial charge in [-0.2, -0.15) is 0 Å². The fraction of sp³-hybridized carbons (Fsp3) is 0. The van der Waals surface area contributed by atoms with Crippen molar-refractivity contribution in [3.05, 3.63) is 164 Å². The molecule has 8 aromatic carbocycles. The first-order valence-corrected chi connectivity index (χ1v) is 16.6. The van der Waals surface area contributed by atoms with E-state index >= 15 is 0 Å². The van der Waals surface area contributed by atoms with Crippen molar-refractivity contribution in [2.45, 2.75) is 0 Å². The molecule has 0 aliphatic rings. The van der Waals surface area contributed by atoms with Crippen LogP contribution in [0.1, 0.15) is 0 Å². The molecule has 2 heteroatoms. The summed E-state index contributed by atoms with van der Waals surface area (Å²) in [5, 5.41) is 11.7. The van der Waals surface area contributed by atoms with Gasteiger partial charge in [0.1, 0.15) is 0 Å². The molecular formula is C44H27NS. The second-order valence-corrected chi connectivity index (χ2v) is 13.1. The van der Waals surface area contributed by atoms with Crippen LogP contribution in [-0.4, -0.2) is 4.57 Å². The molecule has 2 heterocycles. The van der Waals surface area contributed by atoms with E-state index in [9.17, 15) is 0 Å². The van der Waals surface area contributed by atoms with Gasteiger partial charge in [-0.25, -0.2) is 0 Å². The van der Waals surface area contributed by atoms with Crippen LogP contribution in [0.4, 0.5) is 0 Å². The number of nitrogens with zero attached hydrogens (tertiary/aromatic N) is 1. The van der Waals surface area contributed by atoms with Crippen LogP contribution in [0.15, 0.2) is 164 Å². The number of benzene rings is 8. The lowest BCUT2D eigenvalue weighted by atomic mass is 9.92. The minimum absolute atomic E-state index is 1.17. The molecule has 0 saturated carbocycles. The summed E-state index contributed by atoms with van der Waals surface area (Å²) in [6.07, 6.45) is 2.23. The Morgan fingerprint density at radius 1 is 0.370 bits per heavy atom. The highest BCUT2D eigenvalue weighted by Gasteiger charge is 2.16. The predicted octanol–water partition coefficient (Wildman–Crippen LogP) is 12.8. The molecule has 214 valence electrons. The van der Waals surface area contributed by atoms with Gasteiger partial charge in [-0.15, -0.1) is 11.3 Å². The van der Waals surface area contributed by atoms with Gasteiger partial charge < -0.3 is 4.57 Å². The second-order valence-electron chi connectivity index (χ2n) is 12.1. The molecule has 0 saturated heterocycles. The zero-order chi connectivity index (χ0) is 30.2. The monoisotopic (exact) mass is 601 g/mol. The maximum atomic E-state index is 2.38. The summed E-state index contributed by atoms with van der Waals surface area (Å²) >= 11 is 1.91. The highest BCUT2D eigenvalue weighted by molar-refractivity contribution is 7.27. The van der Waals surface area contributed by atoms with Crippen LogP contribution >= 0.6 is 11.3 Å². The molecule has 46 heavy (non-hydrogen) atoms. The van der Waals surface area contributed by atoms with Gasteiger partial charge in [-0.05, 0) is 78.8 Å². The third-order valence-corrected chi connectivity index (χ3v) is 10.9. The Morgan fingerprint density at radius 3 is 1.74 bits per heavy atom. The highest BCUT2D eigenvalue weighted by Crippen LogP contribution is 2.44. The Bertz CT molecular complexity index is 2760. The first-order chi connectivity index (χ1) is 22.8. The van der Waals surface area contributed by atoms with Crippen molar-refractivity contribution in [3.63, 3.8) is 0 Å². The molecule has 0 N–H and O–H groups in total. The normalized spacial score (nSPS) is 11.9. The number of hydrogen-bond donors (Lipinski definition) is 0. The van der Waals surface area contributed by atoms with Gasteiger partial charge in [0, 0.05) is 32.7 Å². The molecule has 0 bridgehead atoms. The maximum absolute atomic E-state index is 2.38. The molecule has 0 atom stereocenters. The lowest BCUT2D eigenvalue weighted by Crippen LogP contribution is -1.92. The second kappa shape index (κ2) is 9.90. The van der Waals surface area contributed by atoms with Crippen LogP contribution in [0.2, 0.25) is 0 Å². The first-order valence-electron chi connectivity index (χ1n) is 15.8. The van der Waals surface area contributed by atoms with Crippen LogP contribution < -0.4 is 0 Å². The van der Waals surface area contributed by atoms with Gasteiger partial charge in [0.25, 0.3) is 0 Å². The van der Waals surface area contributed by atoms with E-state index in [1.807, 2.05) is 11.3 Å². The smallest absolute Gasteiger partial charge is 0.0707 e. The van der Waals surface area contributed by atoms with Crippen molar-refractivity contribution >= 4 is 74.7 Å². The van der Waals surface area contributed by atoms with Crippen LogP contribution in [0.25, 0.3) is 91.3 Å². The van der Waals surface area contributed by atoms with E-state index in [1.165, 1.54) is 91.3 Å². The van der Waals surface area contributed by atoms with Gasteiger partial charge in [-0.1, -0.05) is 133 Å². The summed E-state index contributed by atoms with van der Waals surface area (Å²) in [6.45, 7) is 0. The Morgan fingerprint density at radius 2 is 0.957 bits per heavy atom. The highest BCUT2D eigenvalue weighted by atomic mass is 32.1. The Hall–Kier alpha value is -5.70. The Balaban J connectivity index is 1.16. The fourth-order valence-electron chi connectivity index (χ4n) is 7.46. The third-order valence-electron chi connectivity index (χ3n) is 9.60. The number of hydrogen-bond acceptors (Lipinski definition) is 1. The summed E-state index contributed by atoms with van der Waals surface area (Å²) < 4.78 is 5.05. The van der Waals surface area contributed by atoms with Gasteiger partial charge in [0.15, 0.2) is 0 Å². The van der Waals surface area contributed by atoms with Gasteiger partial charge >= 0.3 is 0 Å². The molecule has 0 aliphatic heterocycles. The van der Waals surface area contributed by atoms with E-state index in [1.54, 1.807) is 0 Å². The van der Waals surface area contributed by atoms with E-state index in [0.717, 1.165) is 0 Å². The quantitative estimate of drug-likeness (QED) is 0.178. The molecule has 0 spiro atoms. The molecule has 10 aromatic rings. The van der Waals surface area contributed by atoms with Crippen molar-refractivity contribution in [2.24, 2.45) is 0 Å². The summed E-state index contributed by atoms with van der Waals surface area (Å²) in [5.74, 6) is 0. The molecule has 2 aromatic heterocycles. The van der Waals surface area contributed by atoms with Crippen molar-refractivity contribution in [2.75, 3.05) is 0 Å². The largest absolute Gasteiger partial charge is 0.315 e. The van der Waals surface area contributed by atoms with Crippen LogP contribution in [0.5, 0.6) is 0 Å². The van der Waals surface area contributed by atoms with Crippen LogP contribution in [0.3, 0.4) is 0 Å². The van der Waals surface area contributed by atoms with Crippen LogP contribution in [-0.2, 0) is 0 Å². The molecule has 1 nitrogen and oxygen atoms in total. The minimum Gasteiger partial charge on any atom is -0.315 e. The zero-order valence-electron chi connectivity index (χ0n) is 24.9. The molecule has 0 unspecified atom stereocenters. The average Bonchev–Trinajstić information content (AvgIpc) is 3.74. The number of thiophene rings is 1. The lowest BCUT2D eigenvalue weighted by Gasteiger charge is -2.13. The topological polar surface area (TPSA) is 4.93 Å². The summed E-state index contributed by atoms with van der Waals surface area (Å²) in [6, 6.07) is 57.8. The Labute approximate surface area is 270 Å². The van der Waals surface area contributed by atoms with Gasteiger partial charge in [0.2, 0.25) is 0 Å². The van der Waals surface area contributed by atoms with Crippen molar-refractivity contribution in [3.8, 4) is 27.9 Å².